The third-order valence-electron chi connectivity index (χ3n) is 4.86. The first kappa shape index (κ1) is 21.5. The molecule has 0 atom stereocenters. The van der Waals surface area contributed by atoms with Crippen LogP contribution in [0.25, 0.3) is 16.5 Å². The van der Waals surface area contributed by atoms with Gasteiger partial charge in [-0.25, -0.2) is 4.98 Å². The number of carbonyl (C=O) groups excluding carboxylic acids is 1. The van der Waals surface area contributed by atoms with Crippen molar-refractivity contribution in [1.82, 2.24) is 9.55 Å². The van der Waals surface area contributed by atoms with Crippen LogP contribution in [0.5, 0.6) is 11.5 Å². The Bertz CT molecular complexity index is 1330. The number of hydrogen-bond donors (Lipinski definition) is 1. The van der Waals surface area contributed by atoms with Crippen LogP contribution in [0.1, 0.15) is 0 Å². The van der Waals surface area contributed by atoms with E-state index in [1.54, 1.807) is 42.3 Å². The van der Waals surface area contributed by atoms with Crippen LogP contribution in [0.15, 0.2) is 82.9 Å². The third kappa shape index (κ3) is 4.45. The molecule has 0 aliphatic rings. The van der Waals surface area contributed by atoms with Crippen LogP contribution in [0.3, 0.4) is 0 Å². The maximum atomic E-state index is 13.1. The average Bonchev–Trinajstić information content (AvgIpc) is 2.83. The Morgan fingerprint density at radius 3 is 2.69 bits per heavy atom. The Morgan fingerprint density at radius 2 is 1.88 bits per heavy atom. The van der Waals surface area contributed by atoms with Crippen LogP contribution in [-0.4, -0.2) is 35.4 Å². The molecule has 0 aliphatic carbocycles. The summed E-state index contributed by atoms with van der Waals surface area (Å²) in [6.07, 6.45) is 3.20. The topological polar surface area (TPSA) is 82.5 Å². The van der Waals surface area contributed by atoms with Crippen LogP contribution >= 0.6 is 11.8 Å². The first-order valence-electron chi connectivity index (χ1n) is 9.81. The molecule has 0 radical (unpaired) electrons. The second kappa shape index (κ2) is 9.57. The van der Waals surface area contributed by atoms with E-state index in [0.29, 0.717) is 17.2 Å². The summed E-state index contributed by atoms with van der Waals surface area (Å²) in [4.78, 5) is 29.8. The fourth-order valence-electron chi connectivity index (χ4n) is 3.32. The first-order chi connectivity index (χ1) is 15.6. The Morgan fingerprint density at radius 1 is 1.06 bits per heavy atom. The Balaban J connectivity index is 1.53. The van der Waals surface area contributed by atoms with Gasteiger partial charge in [-0.1, -0.05) is 48.2 Å². The summed E-state index contributed by atoms with van der Waals surface area (Å²) < 4.78 is 12.0. The molecule has 0 saturated heterocycles. The molecule has 32 heavy (non-hydrogen) atoms. The lowest BCUT2D eigenvalue weighted by Gasteiger charge is -2.12. The monoisotopic (exact) mass is 447 g/mol. The van der Waals surface area contributed by atoms with Gasteiger partial charge in [0.05, 0.1) is 31.3 Å². The van der Waals surface area contributed by atoms with Crippen molar-refractivity contribution >= 4 is 34.1 Å². The molecule has 7 nitrogen and oxygen atoms in total. The number of ether oxygens (including phenoxy) is 2. The summed E-state index contributed by atoms with van der Waals surface area (Å²) in [5, 5.41) is 5.04. The number of benzene rings is 3. The van der Waals surface area contributed by atoms with Gasteiger partial charge < -0.3 is 14.8 Å². The predicted octanol–water partition coefficient (Wildman–Crippen LogP) is 4.13. The smallest absolute Gasteiger partial charge is 0.287 e. The summed E-state index contributed by atoms with van der Waals surface area (Å²) in [6.45, 7) is 0. The van der Waals surface area contributed by atoms with Crippen LogP contribution < -0.4 is 20.3 Å². The normalized spacial score (nSPS) is 10.7. The lowest BCUT2D eigenvalue weighted by molar-refractivity contribution is -0.113. The highest BCUT2D eigenvalue weighted by molar-refractivity contribution is 7.99. The number of methoxy groups -OCH3 is 2. The minimum absolute atomic E-state index is 0.0248. The molecule has 4 aromatic rings. The van der Waals surface area contributed by atoms with E-state index in [1.807, 2.05) is 42.5 Å². The Labute approximate surface area is 189 Å². The van der Waals surface area contributed by atoms with Crippen molar-refractivity contribution in [3.8, 4) is 17.2 Å². The molecule has 1 amide bonds. The van der Waals surface area contributed by atoms with Crippen molar-refractivity contribution in [3.05, 3.63) is 83.4 Å². The highest BCUT2D eigenvalue weighted by atomic mass is 32.2. The predicted molar refractivity (Wildman–Crippen MR) is 126 cm³/mol. The summed E-state index contributed by atoms with van der Waals surface area (Å²) in [6, 6.07) is 18.8. The summed E-state index contributed by atoms with van der Waals surface area (Å²) in [5.41, 5.74) is 1.02. The van der Waals surface area contributed by atoms with Crippen LogP contribution in [0.4, 0.5) is 5.69 Å². The number of fused-ring (bicyclic) bond motifs is 1. The van der Waals surface area contributed by atoms with Crippen LogP contribution in [0, 0.1) is 0 Å². The van der Waals surface area contributed by atoms with E-state index in [9.17, 15) is 9.59 Å². The van der Waals surface area contributed by atoms with E-state index in [4.69, 9.17) is 9.47 Å². The van der Waals surface area contributed by atoms with Crippen LogP contribution in [-0.2, 0) is 4.79 Å². The number of carbonyl (C=O) groups is 1. The maximum absolute atomic E-state index is 13.1. The van der Waals surface area contributed by atoms with Gasteiger partial charge in [0.25, 0.3) is 5.56 Å². The van der Waals surface area contributed by atoms with Gasteiger partial charge in [0.1, 0.15) is 11.5 Å². The van der Waals surface area contributed by atoms with Crippen molar-refractivity contribution < 1.29 is 14.3 Å². The SMILES string of the molecule is COc1ccc(NC(=O)CSc2nccn(-c3cccc4ccccc34)c2=O)c(OC)c1. The van der Waals surface area contributed by atoms with Gasteiger partial charge in [-0.05, 0) is 23.6 Å². The second-order valence-electron chi connectivity index (χ2n) is 6.81. The van der Waals surface area contributed by atoms with Gasteiger partial charge in [0.15, 0.2) is 5.03 Å². The summed E-state index contributed by atoms with van der Waals surface area (Å²) >= 11 is 1.09. The quantitative estimate of drug-likeness (QED) is 0.429. The van der Waals surface area contributed by atoms with Crippen molar-refractivity contribution in [2.75, 3.05) is 25.3 Å². The van der Waals surface area contributed by atoms with Gasteiger partial charge >= 0.3 is 0 Å². The fraction of sp³-hybridized carbons (Fsp3) is 0.125. The average molecular weight is 448 g/mol. The van der Waals surface area contributed by atoms with E-state index < -0.39 is 0 Å². The van der Waals surface area contributed by atoms with E-state index in [2.05, 4.69) is 10.3 Å². The van der Waals surface area contributed by atoms with Crippen molar-refractivity contribution in [2.45, 2.75) is 5.03 Å². The molecule has 0 bridgehead atoms. The largest absolute Gasteiger partial charge is 0.497 e. The lowest BCUT2D eigenvalue weighted by Crippen LogP contribution is -2.22. The molecular weight excluding hydrogens is 426 g/mol. The molecule has 1 aromatic heterocycles. The molecule has 1 N–H and O–H groups in total. The van der Waals surface area contributed by atoms with Gasteiger partial charge in [-0.3, -0.25) is 14.2 Å². The molecule has 0 unspecified atom stereocenters. The van der Waals surface area contributed by atoms with Crippen LogP contribution in [0.2, 0.25) is 0 Å². The minimum atomic E-state index is -0.278. The maximum Gasteiger partial charge on any atom is 0.287 e. The van der Waals surface area contributed by atoms with E-state index in [0.717, 1.165) is 28.2 Å². The second-order valence-corrected chi connectivity index (χ2v) is 7.77. The lowest BCUT2D eigenvalue weighted by atomic mass is 10.1. The number of hydrogen-bond acceptors (Lipinski definition) is 6. The van der Waals surface area contributed by atoms with E-state index in [-0.39, 0.29) is 22.2 Å². The molecule has 3 aromatic carbocycles. The van der Waals surface area contributed by atoms with E-state index >= 15 is 0 Å². The Hall–Kier alpha value is -3.78. The number of thioether (sulfide) groups is 1. The number of anilines is 1. The van der Waals surface area contributed by atoms with Gasteiger partial charge in [-0.2, -0.15) is 0 Å². The zero-order chi connectivity index (χ0) is 22.5. The standard InChI is InChI=1S/C24H21N3O4S/c1-30-17-10-11-19(21(14-17)31-2)26-22(28)15-32-23-24(29)27(13-12-25-23)20-9-5-7-16-6-3-4-8-18(16)20/h3-14H,15H2,1-2H3,(H,26,28). The number of aromatic nitrogens is 2. The molecular formula is C24H21N3O4S. The van der Waals surface area contributed by atoms with Crippen molar-refractivity contribution in [3.63, 3.8) is 0 Å². The third-order valence-corrected chi connectivity index (χ3v) is 5.82. The molecule has 8 heteroatoms. The van der Waals surface area contributed by atoms with Crippen molar-refractivity contribution in [1.29, 1.82) is 0 Å². The highest BCUT2D eigenvalue weighted by Crippen LogP contribution is 2.29. The zero-order valence-corrected chi connectivity index (χ0v) is 18.4. The molecule has 0 saturated carbocycles. The zero-order valence-electron chi connectivity index (χ0n) is 17.6. The number of rotatable bonds is 7. The van der Waals surface area contributed by atoms with E-state index in [1.165, 1.54) is 7.11 Å². The Kier molecular flexibility index (Phi) is 6.42. The number of amides is 1. The summed E-state index contributed by atoms with van der Waals surface area (Å²) in [5.74, 6) is 0.854. The molecule has 0 spiro atoms. The number of nitrogens with one attached hydrogen (secondary N) is 1. The highest BCUT2D eigenvalue weighted by Gasteiger charge is 2.13. The fourth-order valence-corrected chi connectivity index (χ4v) is 4.02. The molecule has 162 valence electrons. The number of nitrogens with zero attached hydrogens (tertiary/aromatic N) is 2. The molecule has 0 fully saturated rings. The minimum Gasteiger partial charge on any atom is -0.497 e. The molecule has 0 aliphatic heterocycles. The van der Waals surface area contributed by atoms with Gasteiger partial charge in [-0.15, -0.1) is 0 Å². The summed E-state index contributed by atoms with van der Waals surface area (Å²) in [7, 11) is 3.07. The molecule has 4 rings (SSSR count). The first-order valence-corrected chi connectivity index (χ1v) is 10.8. The van der Waals surface area contributed by atoms with Crippen molar-refractivity contribution in [2.24, 2.45) is 0 Å². The van der Waals surface area contributed by atoms with Gasteiger partial charge in [0.2, 0.25) is 5.91 Å². The van der Waals surface area contributed by atoms with Gasteiger partial charge in [0, 0.05) is 23.8 Å². The molecule has 1 heterocycles.